The Morgan fingerprint density at radius 2 is 2.00 bits per heavy atom. The fourth-order valence-corrected chi connectivity index (χ4v) is 3.38. The molecule has 2 amide bonds. The van der Waals surface area contributed by atoms with E-state index in [1.807, 2.05) is 54.8 Å². The van der Waals surface area contributed by atoms with Crippen LogP contribution in [0.1, 0.15) is 39.2 Å². The smallest absolute Gasteiger partial charge is 0.227 e. The molecule has 2 rings (SSSR count). The van der Waals surface area contributed by atoms with Gasteiger partial charge in [-0.3, -0.25) is 9.59 Å². The molecule has 1 aromatic rings. The number of hydrogen-bond acceptors (Lipinski definition) is 2. The van der Waals surface area contributed by atoms with Crippen molar-refractivity contribution in [3.05, 3.63) is 34.9 Å². The summed E-state index contributed by atoms with van der Waals surface area (Å²) in [6.45, 7) is 7.98. The van der Waals surface area contributed by atoms with Crippen LogP contribution in [-0.4, -0.2) is 47.3 Å². The highest BCUT2D eigenvalue weighted by Crippen LogP contribution is 2.21. The minimum atomic E-state index is -0.0738. The van der Waals surface area contributed by atoms with Crippen molar-refractivity contribution < 1.29 is 9.59 Å². The third-order valence-corrected chi connectivity index (χ3v) is 4.93. The molecule has 0 N–H and O–H groups in total. The second-order valence-electron chi connectivity index (χ2n) is 6.67. The number of likely N-dealkylation sites (tertiary alicyclic amines) is 1. The molecule has 0 aromatic heterocycles. The summed E-state index contributed by atoms with van der Waals surface area (Å²) in [6.07, 6.45) is 1.91. The summed E-state index contributed by atoms with van der Waals surface area (Å²) in [5, 5.41) is 0.715. The predicted molar refractivity (Wildman–Crippen MR) is 97.0 cm³/mol. The van der Waals surface area contributed by atoms with Crippen LogP contribution in [0.5, 0.6) is 0 Å². The number of piperidine rings is 1. The molecule has 1 heterocycles. The van der Waals surface area contributed by atoms with Crippen LogP contribution in [0.3, 0.4) is 0 Å². The molecular formula is C19H27ClN2O2. The quantitative estimate of drug-likeness (QED) is 0.789. The molecule has 0 unspecified atom stereocenters. The Hall–Kier alpha value is -1.55. The van der Waals surface area contributed by atoms with Crippen molar-refractivity contribution in [1.29, 1.82) is 0 Å². The zero-order valence-corrected chi connectivity index (χ0v) is 15.6. The predicted octanol–water partition coefficient (Wildman–Crippen LogP) is 3.38. The topological polar surface area (TPSA) is 40.6 Å². The van der Waals surface area contributed by atoms with Crippen LogP contribution >= 0.6 is 11.6 Å². The lowest BCUT2D eigenvalue weighted by Gasteiger charge is -2.36. The van der Waals surface area contributed by atoms with E-state index >= 15 is 0 Å². The maximum Gasteiger partial charge on any atom is 0.227 e. The van der Waals surface area contributed by atoms with E-state index in [0.717, 1.165) is 12.0 Å². The van der Waals surface area contributed by atoms with Crippen molar-refractivity contribution in [3.63, 3.8) is 0 Å². The number of benzene rings is 1. The van der Waals surface area contributed by atoms with Crippen molar-refractivity contribution >= 4 is 23.4 Å². The Balaban J connectivity index is 1.96. The van der Waals surface area contributed by atoms with E-state index in [4.69, 9.17) is 11.6 Å². The summed E-state index contributed by atoms with van der Waals surface area (Å²) in [7, 11) is 0. The van der Waals surface area contributed by atoms with Crippen LogP contribution in [0.4, 0.5) is 0 Å². The summed E-state index contributed by atoms with van der Waals surface area (Å²) < 4.78 is 0. The van der Waals surface area contributed by atoms with Gasteiger partial charge in [0.25, 0.3) is 0 Å². The minimum Gasteiger partial charge on any atom is -0.342 e. The lowest BCUT2D eigenvalue weighted by Crippen LogP contribution is -2.49. The summed E-state index contributed by atoms with van der Waals surface area (Å²) in [5.41, 5.74) is 1.15. The zero-order chi connectivity index (χ0) is 17.7. The number of amides is 2. The van der Waals surface area contributed by atoms with Gasteiger partial charge in [-0.2, -0.15) is 0 Å². The zero-order valence-electron chi connectivity index (χ0n) is 14.8. The first-order valence-corrected chi connectivity index (χ1v) is 9.12. The number of rotatable bonds is 6. The first-order valence-electron chi connectivity index (χ1n) is 8.75. The molecular weight excluding hydrogens is 324 g/mol. The van der Waals surface area contributed by atoms with Crippen LogP contribution in [0.25, 0.3) is 0 Å². The number of hydrogen-bond donors (Lipinski definition) is 0. The Labute approximate surface area is 149 Å². The lowest BCUT2D eigenvalue weighted by atomic mass is 9.95. The van der Waals surface area contributed by atoms with E-state index in [-0.39, 0.29) is 23.8 Å². The highest BCUT2D eigenvalue weighted by molar-refractivity contribution is 6.30. The van der Waals surface area contributed by atoms with E-state index in [2.05, 4.69) is 0 Å². The molecule has 1 aliphatic rings. The molecule has 5 heteroatoms. The van der Waals surface area contributed by atoms with Gasteiger partial charge < -0.3 is 9.80 Å². The number of nitrogens with zero attached hydrogens (tertiary/aromatic N) is 2. The lowest BCUT2D eigenvalue weighted by molar-refractivity contribution is -0.144. The van der Waals surface area contributed by atoms with Crippen molar-refractivity contribution in [2.45, 2.75) is 46.1 Å². The average molecular weight is 351 g/mol. The van der Waals surface area contributed by atoms with E-state index < -0.39 is 0 Å². The molecule has 132 valence electrons. The third kappa shape index (κ3) is 4.73. The van der Waals surface area contributed by atoms with Gasteiger partial charge in [-0.05, 0) is 51.3 Å². The van der Waals surface area contributed by atoms with Gasteiger partial charge in [0.2, 0.25) is 11.8 Å². The van der Waals surface area contributed by atoms with Gasteiger partial charge in [0.05, 0.1) is 5.92 Å². The van der Waals surface area contributed by atoms with Gasteiger partial charge in [-0.15, -0.1) is 0 Å². The Kier molecular flexibility index (Phi) is 6.67. The molecule has 0 bridgehead atoms. The first kappa shape index (κ1) is 18.8. The van der Waals surface area contributed by atoms with Crippen molar-refractivity contribution in [2.24, 2.45) is 5.92 Å². The average Bonchev–Trinajstić information content (AvgIpc) is 2.55. The fraction of sp³-hybridized carbons (Fsp3) is 0.579. The van der Waals surface area contributed by atoms with E-state index in [1.54, 1.807) is 0 Å². The second-order valence-corrected chi connectivity index (χ2v) is 7.11. The molecule has 0 radical (unpaired) electrons. The van der Waals surface area contributed by atoms with Crippen LogP contribution < -0.4 is 0 Å². The van der Waals surface area contributed by atoms with E-state index in [9.17, 15) is 9.59 Å². The molecule has 1 saturated heterocycles. The molecule has 0 saturated carbocycles. The SMILES string of the molecule is CCN(C(=O)[C@H]1CCC(=O)N(CCc2ccc(Cl)cc2)C1)C(C)C. The molecule has 1 atom stereocenters. The maximum absolute atomic E-state index is 12.7. The molecule has 1 fully saturated rings. The van der Waals surface area contributed by atoms with Gasteiger partial charge in [-0.1, -0.05) is 23.7 Å². The largest absolute Gasteiger partial charge is 0.342 e. The highest BCUT2D eigenvalue weighted by Gasteiger charge is 2.32. The first-order chi connectivity index (χ1) is 11.4. The van der Waals surface area contributed by atoms with Crippen LogP contribution in [0.2, 0.25) is 5.02 Å². The summed E-state index contributed by atoms with van der Waals surface area (Å²) in [4.78, 5) is 28.6. The molecule has 0 spiro atoms. The molecule has 1 aromatic carbocycles. The summed E-state index contributed by atoms with van der Waals surface area (Å²) in [5.74, 6) is 0.257. The van der Waals surface area contributed by atoms with Crippen LogP contribution in [0, 0.1) is 5.92 Å². The third-order valence-electron chi connectivity index (χ3n) is 4.68. The maximum atomic E-state index is 12.7. The number of carbonyl (C=O) groups excluding carboxylic acids is 2. The molecule has 4 nitrogen and oxygen atoms in total. The molecule has 24 heavy (non-hydrogen) atoms. The summed E-state index contributed by atoms with van der Waals surface area (Å²) >= 11 is 5.90. The van der Waals surface area contributed by atoms with Gasteiger partial charge in [0.1, 0.15) is 0 Å². The number of carbonyl (C=O) groups is 2. The second kappa shape index (κ2) is 8.52. The highest BCUT2D eigenvalue weighted by atomic mass is 35.5. The molecule has 1 aliphatic heterocycles. The van der Waals surface area contributed by atoms with Gasteiger partial charge >= 0.3 is 0 Å². The Bertz CT molecular complexity index is 571. The summed E-state index contributed by atoms with van der Waals surface area (Å²) in [6, 6.07) is 7.89. The van der Waals surface area contributed by atoms with Gasteiger partial charge in [-0.25, -0.2) is 0 Å². The van der Waals surface area contributed by atoms with E-state index in [1.165, 1.54) is 0 Å². The Morgan fingerprint density at radius 1 is 1.33 bits per heavy atom. The van der Waals surface area contributed by atoms with Crippen molar-refractivity contribution in [2.75, 3.05) is 19.6 Å². The van der Waals surface area contributed by atoms with Crippen molar-refractivity contribution in [3.8, 4) is 0 Å². The minimum absolute atomic E-state index is 0.0738. The van der Waals surface area contributed by atoms with E-state index in [0.29, 0.717) is 37.5 Å². The van der Waals surface area contributed by atoms with Gasteiger partial charge in [0.15, 0.2) is 0 Å². The Morgan fingerprint density at radius 3 is 2.58 bits per heavy atom. The van der Waals surface area contributed by atoms with Gasteiger partial charge in [0, 0.05) is 37.1 Å². The van der Waals surface area contributed by atoms with Crippen LogP contribution in [0.15, 0.2) is 24.3 Å². The monoisotopic (exact) mass is 350 g/mol. The molecule has 0 aliphatic carbocycles. The van der Waals surface area contributed by atoms with Crippen LogP contribution in [-0.2, 0) is 16.0 Å². The normalized spacial score (nSPS) is 18.1. The van der Waals surface area contributed by atoms with Crippen molar-refractivity contribution in [1.82, 2.24) is 9.80 Å². The standard InChI is InChI=1S/C19H27ClN2O2/c1-4-22(14(2)3)19(24)16-7-10-18(23)21(13-16)12-11-15-5-8-17(20)9-6-15/h5-6,8-9,14,16H,4,7,10-13H2,1-3H3/t16-/m0/s1. The fourth-order valence-electron chi connectivity index (χ4n) is 3.26. The number of halogens is 1.